The van der Waals surface area contributed by atoms with Crippen molar-refractivity contribution in [1.82, 2.24) is 20.3 Å². The first-order valence-corrected chi connectivity index (χ1v) is 9.61. The molecule has 2 heterocycles. The van der Waals surface area contributed by atoms with Crippen LogP contribution in [0.25, 0.3) is 11.0 Å². The molecule has 2 aromatic heterocycles. The van der Waals surface area contributed by atoms with Gasteiger partial charge in [0.15, 0.2) is 0 Å². The molecule has 1 saturated carbocycles. The van der Waals surface area contributed by atoms with Gasteiger partial charge in [0.25, 0.3) is 5.91 Å². The number of aromatic nitrogens is 3. The number of nitrogens with zero attached hydrogens (tertiary/aromatic N) is 3. The summed E-state index contributed by atoms with van der Waals surface area (Å²) in [6.45, 7) is 0. The molecule has 1 aromatic carbocycles. The Morgan fingerprint density at radius 2 is 1.70 bits per heavy atom. The summed E-state index contributed by atoms with van der Waals surface area (Å²) < 4.78 is 43.5. The van der Waals surface area contributed by atoms with Crippen molar-refractivity contribution in [1.29, 1.82) is 0 Å². The molecule has 0 radical (unpaired) electrons. The van der Waals surface area contributed by atoms with Crippen molar-refractivity contribution in [2.45, 2.75) is 44.0 Å². The number of carbonyl (C=O) groups excluding carboxylic acids is 1. The van der Waals surface area contributed by atoms with Gasteiger partial charge in [-0.3, -0.25) is 9.78 Å². The van der Waals surface area contributed by atoms with E-state index in [9.17, 15) is 18.0 Å². The second-order valence-electron chi connectivity index (χ2n) is 7.19. The molecule has 1 aliphatic rings. The summed E-state index contributed by atoms with van der Waals surface area (Å²) >= 11 is 0. The molecule has 1 amide bonds. The SMILES string of the molecule is O=C(NC1CCC(Oc2ccc(C(F)(F)F)cn2)CC1)c1cnc2ccccc2n1. The molecule has 0 unspecified atom stereocenters. The van der Waals surface area contributed by atoms with Gasteiger partial charge in [-0.1, -0.05) is 12.1 Å². The average Bonchev–Trinajstić information content (AvgIpc) is 2.74. The molecular weight excluding hydrogens is 397 g/mol. The minimum atomic E-state index is -4.42. The Morgan fingerprint density at radius 1 is 0.967 bits per heavy atom. The molecular formula is C21H19F3N4O2. The van der Waals surface area contributed by atoms with Crippen LogP contribution in [0.1, 0.15) is 41.7 Å². The van der Waals surface area contributed by atoms with Crippen LogP contribution in [-0.2, 0) is 6.18 Å². The van der Waals surface area contributed by atoms with E-state index in [0.717, 1.165) is 17.8 Å². The van der Waals surface area contributed by atoms with Gasteiger partial charge in [-0.15, -0.1) is 0 Å². The third-order valence-electron chi connectivity index (χ3n) is 5.04. The maximum atomic E-state index is 12.6. The highest BCUT2D eigenvalue weighted by molar-refractivity contribution is 5.93. The van der Waals surface area contributed by atoms with Gasteiger partial charge < -0.3 is 10.1 Å². The molecule has 1 N–H and O–H groups in total. The predicted molar refractivity (Wildman–Crippen MR) is 103 cm³/mol. The zero-order valence-corrected chi connectivity index (χ0v) is 15.9. The van der Waals surface area contributed by atoms with Crippen LogP contribution in [0.15, 0.2) is 48.8 Å². The lowest BCUT2D eigenvalue weighted by Gasteiger charge is -2.29. The van der Waals surface area contributed by atoms with Crippen LogP contribution in [0.4, 0.5) is 13.2 Å². The first-order valence-electron chi connectivity index (χ1n) is 9.61. The van der Waals surface area contributed by atoms with Crippen molar-refractivity contribution in [2.75, 3.05) is 0 Å². The fraction of sp³-hybridized carbons (Fsp3) is 0.333. The molecule has 0 saturated heterocycles. The number of ether oxygens (including phenoxy) is 1. The van der Waals surface area contributed by atoms with Crippen LogP contribution >= 0.6 is 0 Å². The number of nitrogens with one attached hydrogen (secondary N) is 1. The van der Waals surface area contributed by atoms with E-state index in [-0.39, 0.29) is 29.6 Å². The summed E-state index contributed by atoms with van der Waals surface area (Å²) in [5.74, 6) is -0.107. The van der Waals surface area contributed by atoms with E-state index in [4.69, 9.17) is 4.74 Å². The highest BCUT2D eigenvalue weighted by Gasteiger charge is 2.31. The Balaban J connectivity index is 1.29. The van der Waals surface area contributed by atoms with E-state index in [0.29, 0.717) is 31.2 Å². The van der Waals surface area contributed by atoms with Crippen LogP contribution in [0.2, 0.25) is 0 Å². The fourth-order valence-electron chi connectivity index (χ4n) is 3.44. The zero-order chi connectivity index (χ0) is 21.1. The first-order chi connectivity index (χ1) is 14.4. The van der Waals surface area contributed by atoms with Crippen LogP contribution in [-0.4, -0.2) is 33.0 Å². The molecule has 1 aliphatic carbocycles. The molecule has 4 rings (SSSR count). The average molecular weight is 416 g/mol. The van der Waals surface area contributed by atoms with E-state index < -0.39 is 11.7 Å². The van der Waals surface area contributed by atoms with Gasteiger partial charge in [-0.25, -0.2) is 9.97 Å². The summed E-state index contributed by atoms with van der Waals surface area (Å²) in [5.41, 5.74) is 0.842. The Hall–Kier alpha value is -3.23. The van der Waals surface area contributed by atoms with E-state index in [2.05, 4.69) is 20.3 Å². The lowest BCUT2D eigenvalue weighted by molar-refractivity contribution is -0.137. The Bertz CT molecular complexity index is 1030. The minimum absolute atomic E-state index is 0.0221. The number of alkyl halides is 3. The summed E-state index contributed by atoms with van der Waals surface area (Å²) in [7, 11) is 0. The summed E-state index contributed by atoms with van der Waals surface area (Å²) in [6, 6.07) is 9.50. The molecule has 0 atom stereocenters. The van der Waals surface area contributed by atoms with Gasteiger partial charge in [0.05, 0.1) is 22.8 Å². The number of fused-ring (bicyclic) bond motifs is 1. The molecule has 0 aliphatic heterocycles. The normalized spacial score (nSPS) is 19.4. The van der Waals surface area contributed by atoms with Crippen molar-refractivity contribution >= 4 is 16.9 Å². The summed E-state index contributed by atoms with van der Waals surface area (Å²) in [4.78, 5) is 24.8. The van der Waals surface area contributed by atoms with Crippen LogP contribution in [0.3, 0.4) is 0 Å². The standard InChI is InChI=1S/C21H19F3N4O2/c22-21(23,24)13-5-10-19(26-11-13)30-15-8-6-14(7-9-15)27-20(29)18-12-25-16-3-1-2-4-17(16)28-18/h1-5,10-12,14-15H,6-9H2,(H,27,29). The Morgan fingerprint density at radius 3 is 2.37 bits per heavy atom. The fourth-order valence-corrected chi connectivity index (χ4v) is 3.44. The number of carbonyl (C=O) groups is 1. The Labute approximate surface area is 170 Å². The number of amides is 1. The van der Waals surface area contributed by atoms with Crippen LogP contribution < -0.4 is 10.1 Å². The number of hydrogen-bond acceptors (Lipinski definition) is 5. The molecule has 9 heteroatoms. The lowest BCUT2D eigenvalue weighted by atomic mass is 9.93. The first kappa shape index (κ1) is 20.1. The quantitative estimate of drug-likeness (QED) is 0.691. The van der Waals surface area contributed by atoms with Crippen LogP contribution in [0, 0.1) is 0 Å². The van der Waals surface area contributed by atoms with Crippen molar-refractivity contribution in [3.05, 3.63) is 60.0 Å². The lowest BCUT2D eigenvalue weighted by Crippen LogP contribution is -2.40. The van der Waals surface area contributed by atoms with Gasteiger partial charge in [0.2, 0.25) is 5.88 Å². The summed E-state index contributed by atoms with van der Waals surface area (Å²) in [6.07, 6.45) is 0.374. The smallest absolute Gasteiger partial charge is 0.417 e. The molecule has 156 valence electrons. The second kappa shape index (κ2) is 8.25. The van der Waals surface area contributed by atoms with E-state index in [1.165, 1.54) is 12.3 Å². The highest BCUT2D eigenvalue weighted by Crippen LogP contribution is 2.30. The van der Waals surface area contributed by atoms with Gasteiger partial charge in [-0.05, 0) is 43.9 Å². The van der Waals surface area contributed by atoms with Crippen LogP contribution in [0.5, 0.6) is 5.88 Å². The number of rotatable bonds is 4. The van der Waals surface area contributed by atoms with Crippen molar-refractivity contribution in [3.63, 3.8) is 0 Å². The van der Waals surface area contributed by atoms with Crippen molar-refractivity contribution in [3.8, 4) is 5.88 Å². The van der Waals surface area contributed by atoms with Gasteiger partial charge in [0, 0.05) is 18.3 Å². The maximum absolute atomic E-state index is 12.6. The topological polar surface area (TPSA) is 77.0 Å². The minimum Gasteiger partial charge on any atom is -0.474 e. The maximum Gasteiger partial charge on any atom is 0.417 e. The van der Waals surface area contributed by atoms with Crippen molar-refractivity contribution < 1.29 is 22.7 Å². The van der Waals surface area contributed by atoms with Gasteiger partial charge in [-0.2, -0.15) is 13.2 Å². The van der Waals surface area contributed by atoms with Gasteiger partial charge >= 0.3 is 6.18 Å². The number of halogens is 3. The molecule has 0 bridgehead atoms. The van der Waals surface area contributed by atoms with Gasteiger partial charge in [0.1, 0.15) is 11.8 Å². The monoisotopic (exact) mass is 416 g/mol. The van der Waals surface area contributed by atoms with E-state index in [1.54, 1.807) is 6.07 Å². The molecule has 3 aromatic rings. The number of hydrogen-bond donors (Lipinski definition) is 1. The van der Waals surface area contributed by atoms with E-state index in [1.807, 2.05) is 18.2 Å². The third-order valence-corrected chi connectivity index (χ3v) is 5.04. The molecule has 0 spiro atoms. The predicted octanol–water partition coefficient (Wildman–Crippen LogP) is 4.16. The van der Waals surface area contributed by atoms with Crippen molar-refractivity contribution in [2.24, 2.45) is 0 Å². The number of benzene rings is 1. The zero-order valence-electron chi connectivity index (χ0n) is 15.9. The molecule has 30 heavy (non-hydrogen) atoms. The Kier molecular flexibility index (Phi) is 5.52. The second-order valence-corrected chi connectivity index (χ2v) is 7.19. The molecule has 1 fully saturated rings. The molecule has 6 nitrogen and oxygen atoms in total. The number of pyridine rings is 1. The third kappa shape index (κ3) is 4.67. The summed E-state index contributed by atoms with van der Waals surface area (Å²) in [5, 5.41) is 2.97. The largest absolute Gasteiger partial charge is 0.474 e. The van der Waals surface area contributed by atoms with E-state index >= 15 is 0 Å². The highest BCUT2D eigenvalue weighted by atomic mass is 19.4. The number of para-hydroxylation sites is 2.